The minimum atomic E-state index is -0.468. The summed E-state index contributed by atoms with van der Waals surface area (Å²) in [6, 6.07) is 11.8. The molecule has 4 heterocycles. The number of H-pyrrole nitrogens is 1. The number of hydrogen-bond acceptors (Lipinski definition) is 7. The van der Waals surface area contributed by atoms with Crippen LogP contribution in [0.2, 0.25) is 0 Å². The van der Waals surface area contributed by atoms with Gasteiger partial charge in [0.1, 0.15) is 11.5 Å². The highest BCUT2D eigenvalue weighted by Gasteiger charge is 2.27. The first-order valence-corrected chi connectivity index (χ1v) is 11.6. The Morgan fingerprint density at radius 2 is 2.06 bits per heavy atom. The Morgan fingerprint density at radius 3 is 2.81 bits per heavy atom. The number of amides is 1. The van der Waals surface area contributed by atoms with Crippen LogP contribution in [0.5, 0.6) is 0 Å². The molecule has 5 rings (SSSR count). The fourth-order valence-electron chi connectivity index (χ4n) is 4.71. The number of nitrogens with one attached hydrogen (secondary N) is 2. The molecule has 0 bridgehead atoms. The Bertz CT molecular complexity index is 1540. The number of hydrogen-bond donors (Lipinski definition) is 2. The summed E-state index contributed by atoms with van der Waals surface area (Å²) >= 11 is 0. The summed E-state index contributed by atoms with van der Waals surface area (Å²) in [6.07, 6.45) is 3.80. The van der Waals surface area contributed by atoms with Crippen molar-refractivity contribution in [2.75, 3.05) is 31.6 Å². The highest BCUT2D eigenvalue weighted by Crippen LogP contribution is 2.24. The molecule has 10 heteroatoms. The maximum atomic E-state index is 13.6. The lowest BCUT2D eigenvalue weighted by atomic mass is 10.1. The first-order chi connectivity index (χ1) is 17.5. The van der Waals surface area contributed by atoms with Crippen LogP contribution in [0.15, 0.2) is 53.6 Å². The summed E-state index contributed by atoms with van der Waals surface area (Å²) in [6.45, 7) is 2.66. The normalized spacial score (nSPS) is 16.2. The molecule has 3 aromatic heterocycles. The summed E-state index contributed by atoms with van der Waals surface area (Å²) in [5.74, 6) is -0.705. The van der Waals surface area contributed by atoms with Crippen molar-refractivity contribution < 1.29 is 9.18 Å². The van der Waals surface area contributed by atoms with Crippen molar-refractivity contribution in [1.82, 2.24) is 25.2 Å². The van der Waals surface area contributed by atoms with Gasteiger partial charge in [0.25, 0.3) is 11.5 Å². The van der Waals surface area contributed by atoms with Crippen LogP contribution >= 0.6 is 0 Å². The number of fused-ring (bicyclic) bond motifs is 3. The van der Waals surface area contributed by atoms with E-state index >= 15 is 0 Å². The maximum absolute atomic E-state index is 13.6. The average molecular weight is 486 g/mol. The first kappa shape index (κ1) is 23.4. The average Bonchev–Trinajstić information content (AvgIpc) is 2.89. The van der Waals surface area contributed by atoms with Gasteiger partial charge in [0, 0.05) is 50.9 Å². The predicted octanol–water partition coefficient (Wildman–Crippen LogP) is 2.57. The molecule has 1 fully saturated rings. The van der Waals surface area contributed by atoms with Crippen LogP contribution in [0, 0.1) is 17.1 Å². The minimum Gasteiger partial charge on any atom is -0.367 e. The molecule has 0 radical (unpaired) electrons. The third kappa shape index (κ3) is 4.48. The van der Waals surface area contributed by atoms with Crippen LogP contribution in [0.4, 0.5) is 10.1 Å². The van der Waals surface area contributed by atoms with Crippen molar-refractivity contribution >= 4 is 33.4 Å². The standard InChI is InChI=1S/C26H24FN7O2/c1-29-26(36)22-5-3-18(13-30-22)34-9-8-33(19(15-34)6-7-28)14-16-10-23-24(31-12-16)20-4-2-17(27)11-21(20)25(35)32-23/h2-5,10-13,19H,6,8-9,14-15H2,1H3,(H,29,36)(H,32,35). The lowest BCUT2D eigenvalue weighted by Gasteiger charge is -2.41. The van der Waals surface area contributed by atoms with Gasteiger partial charge in [-0.3, -0.25) is 19.5 Å². The van der Waals surface area contributed by atoms with Gasteiger partial charge in [0.2, 0.25) is 0 Å². The summed E-state index contributed by atoms with van der Waals surface area (Å²) in [7, 11) is 1.57. The van der Waals surface area contributed by atoms with Crippen LogP contribution in [0.3, 0.4) is 0 Å². The van der Waals surface area contributed by atoms with Gasteiger partial charge in [0.15, 0.2) is 0 Å². The minimum absolute atomic E-state index is 0.0170. The van der Waals surface area contributed by atoms with E-state index < -0.39 is 5.82 Å². The lowest BCUT2D eigenvalue weighted by molar-refractivity contribution is 0.0958. The van der Waals surface area contributed by atoms with E-state index in [9.17, 15) is 19.2 Å². The monoisotopic (exact) mass is 485 g/mol. The molecule has 1 aliphatic rings. The number of pyridine rings is 3. The number of nitriles is 1. The molecule has 1 amide bonds. The van der Waals surface area contributed by atoms with Gasteiger partial charge in [-0.2, -0.15) is 5.26 Å². The van der Waals surface area contributed by atoms with Crippen molar-refractivity contribution in [3.63, 3.8) is 0 Å². The van der Waals surface area contributed by atoms with E-state index in [1.54, 1.807) is 31.6 Å². The molecular formula is C26H24FN7O2. The molecule has 9 nitrogen and oxygen atoms in total. The predicted molar refractivity (Wildman–Crippen MR) is 134 cm³/mol. The number of aromatic nitrogens is 3. The van der Waals surface area contributed by atoms with Crippen LogP contribution < -0.4 is 15.8 Å². The number of benzene rings is 1. The lowest BCUT2D eigenvalue weighted by Crippen LogP contribution is -2.52. The number of carbonyl (C=O) groups is 1. The number of piperazine rings is 1. The first-order valence-electron chi connectivity index (χ1n) is 11.6. The second-order valence-corrected chi connectivity index (χ2v) is 8.80. The van der Waals surface area contributed by atoms with Gasteiger partial charge in [-0.05, 0) is 42.0 Å². The molecule has 1 aliphatic heterocycles. The van der Waals surface area contributed by atoms with Gasteiger partial charge in [0.05, 0.1) is 40.8 Å². The molecule has 1 saturated heterocycles. The summed E-state index contributed by atoms with van der Waals surface area (Å²) < 4.78 is 13.6. The summed E-state index contributed by atoms with van der Waals surface area (Å²) in [5, 5.41) is 12.9. The number of nitrogens with zero attached hydrogens (tertiary/aromatic N) is 5. The zero-order valence-corrected chi connectivity index (χ0v) is 19.7. The summed E-state index contributed by atoms with van der Waals surface area (Å²) in [4.78, 5) is 40.3. The number of halogens is 1. The number of aromatic amines is 1. The quantitative estimate of drug-likeness (QED) is 0.417. The van der Waals surface area contributed by atoms with Crippen molar-refractivity contribution in [3.05, 3.63) is 76.2 Å². The fourth-order valence-corrected chi connectivity index (χ4v) is 4.71. The van der Waals surface area contributed by atoms with Gasteiger partial charge < -0.3 is 15.2 Å². The topological polar surface area (TPSA) is 118 Å². The van der Waals surface area contributed by atoms with Gasteiger partial charge >= 0.3 is 0 Å². The number of anilines is 1. The van der Waals surface area contributed by atoms with Crippen LogP contribution in [-0.4, -0.2) is 58.5 Å². The Kier molecular flexibility index (Phi) is 6.31. The molecule has 36 heavy (non-hydrogen) atoms. The number of carbonyl (C=O) groups excluding carboxylic acids is 1. The summed E-state index contributed by atoms with van der Waals surface area (Å²) in [5.41, 5.74) is 3.01. The van der Waals surface area contributed by atoms with Crippen LogP contribution in [0.25, 0.3) is 21.8 Å². The Hall–Kier alpha value is -4.36. The van der Waals surface area contributed by atoms with E-state index in [2.05, 4.69) is 36.1 Å². The molecule has 0 saturated carbocycles. The van der Waals surface area contributed by atoms with Crippen LogP contribution in [-0.2, 0) is 6.54 Å². The largest absolute Gasteiger partial charge is 0.367 e. The Labute approximate surface area is 206 Å². The van der Waals surface area contributed by atoms with Crippen LogP contribution in [0.1, 0.15) is 22.5 Å². The second-order valence-electron chi connectivity index (χ2n) is 8.80. The molecule has 182 valence electrons. The molecule has 0 spiro atoms. The third-order valence-corrected chi connectivity index (χ3v) is 6.56. The molecule has 4 aromatic rings. The van der Waals surface area contributed by atoms with E-state index in [0.717, 1.165) is 24.3 Å². The molecule has 2 N–H and O–H groups in total. The van der Waals surface area contributed by atoms with Crippen molar-refractivity contribution in [3.8, 4) is 6.07 Å². The molecule has 1 atom stereocenters. The second kappa shape index (κ2) is 9.71. The molecule has 1 unspecified atom stereocenters. The van der Waals surface area contributed by atoms with E-state index in [-0.39, 0.29) is 22.9 Å². The molecule has 0 aliphatic carbocycles. The molecule has 1 aromatic carbocycles. The zero-order chi connectivity index (χ0) is 25.2. The highest BCUT2D eigenvalue weighted by atomic mass is 19.1. The SMILES string of the molecule is CNC(=O)c1ccc(N2CCN(Cc3cnc4c(c3)[nH]c(=O)c3cc(F)ccc34)C(CC#N)C2)cn1. The number of rotatable bonds is 5. The van der Waals surface area contributed by atoms with E-state index in [1.807, 2.05) is 12.1 Å². The highest BCUT2D eigenvalue weighted by molar-refractivity contribution is 6.02. The fraction of sp³-hybridized carbons (Fsp3) is 0.269. The van der Waals surface area contributed by atoms with Gasteiger partial charge in [-0.1, -0.05) is 0 Å². The maximum Gasteiger partial charge on any atom is 0.269 e. The van der Waals surface area contributed by atoms with E-state index in [4.69, 9.17) is 0 Å². The molecular weight excluding hydrogens is 461 g/mol. The van der Waals surface area contributed by atoms with E-state index in [0.29, 0.717) is 41.6 Å². The smallest absolute Gasteiger partial charge is 0.269 e. The van der Waals surface area contributed by atoms with Gasteiger partial charge in [-0.25, -0.2) is 9.37 Å². The van der Waals surface area contributed by atoms with Crippen molar-refractivity contribution in [2.45, 2.75) is 19.0 Å². The van der Waals surface area contributed by atoms with Gasteiger partial charge in [-0.15, -0.1) is 0 Å². The Morgan fingerprint density at radius 1 is 1.19 bits per heavy atom. The van der Waals surface area contributed by atoms with E-state index in [1.165, 1.54) is 12.1 Å². The van der Waals surface area contributed by atoms with Crippen molar-refractivity contribution in [2.24, 2.45) is 0 Å². The zero-order valence-electron chi connectivity index (χ0n) is 19.7. The third-order valence-electron chi connectivity index (χ3n) is 6.56. The van der Waals surface area contributed by atoms with Crippen molar-refractivity contribution in [1.29, 1.82) is 5.26 Å². The Balaban J connectivity index is 1.36.